The van der Waals surface area contributed by atoms with Gasteiger partial charge in [-0.15, -0.1) is 0 Å². The lowest BCUT2D eigenvalue weighted by molar-refractivity contribution is 0.580. The molecule has 31 heavy (non-hydrogen) atoms. The third kappa shape index (κ3) is 4.63. The van der Waals surface area contributed by atoms with Gasteiger partial charge < -0.3 is 20.4 Å². The molecule has 0 unspecified atom stereocenters. The van der Waals surface area contributed by atoms with Crippen molar-refractivity contribution >= 4 is 52.1 Å². The van der Waals surface area contributed by atoms with Gasteiger partial charge in [0.2, 0.25) is 5.95 Å². The van der Waals surface area contributed by atoms with Crippen LogP contribution in [0.3, 0.4) is 0 Å². The number of rotatable bonds is 5. The summed E-state index contributed by atoms with van der Waals surface area (Å²) in [6.07, 6.45) is 0. The number of aromatic nitrogens is 4. The zero-order valence-electron chi connectivity index (χ0n) is 17.2. The Hall–Kier alpha value is -2.36. The third-order valence-corrected chi connectivity index (χ3v) is 6.68. The first-order valence-corrected chi connectivity index (χ1v) is 12.1. The Morgan fingerprint density at radius 1 is 0.935 bits per heavy atom. The lowest BCUT2D eigenvalue weighted by Crippen LogP contribution is -2.44. The second-order valence-corrected chi connectivity index (χ2v) is 9.14. The highest BCUT2D eigenvalue weighted by molar-refractivity contribution is 7.99. The fraction of sp³-hybridized carbons (Fsp3) is 0.429. The largest absolute Gasteiger partial charge is 0.363 e. The summed E-state index contributed by atoms with van der Waals surface area (Å²) >= 11 is 8.50. The molecule has 2 aliphatic heterocycles. The van der Waals surface area contributed by atoms with Crippen LogP contribution in [0.1, 0.15) is 5.56 Å². The number of benzene rings is 1. The number of fused-ring (bicyclic) bond motifs is 1. The number of hydrogen-bond donors (Lipinski definition) is 2. The first-order chi connectivity index (χ1) is 15.3. The van der Waals surface area contributed by atoms with Gasteiger partial charge in [0.15, 0.2) is 28.0 Å². The first-order valence-electron chi connectivity index (χ1n) is 10.6. The van der Waals surface area contributed by atoms with E-state index in [1.807, 2.05) is 30.0 Å². The molecule has 2 saturated heterocycles. The molecule has 2 N–H and O–H groups in total. The Morgan fingerprint density at radius 2 is 1.71 bits per heavy atom. The zero-order chi connectivity index (χ0) is 21.0. The van der Waals surface area contributed by atoms with Crippen LogP contribution < -0.4 is 20.4 Å². The van der Waals surface area contributed by atoms with Crippen LogP contribution in [0.25, 0.3) is 11.2 Å². The summed E-state index contributed by atoms with van der Waals surface area (Å²) in [5, 5.41) is 7.04. The standard InChI is InChI=1S/C21H25ClN8S/c22-17-19(24-14-15-4-2-1-3-5-15)26-18-16(25-17)20(29-10-12-31-13-11-29)28-21(27-18)30-8-6-23-7-9-30/h1-5,23H,6-14H2,(H,24,26,27,28). The summed E-state index contributed by atoms with van der Waals surface area (Å²) in [7, 11) is 0. The average molecular weight is 457 g/mol. The van der Waals surface area contributed by atoms with Gasteiger partial charge in [-0.05, 0) is 5.56 Å². The lowest BCUT2D eigenvalue weighted by atomic mass is 10.2. The molecular formula is C21H25ClN8S. The van der Waals surface area contributed by atoms with Gasteiger partial charge >= 0.3 is 0 Å². The number of nitrogens with zero attached hydrogens (tertiary/aromatic N) is 6. The Morgan fingerprint density at radius 3 is 2.48 bits per heavy atom. The van der Waals surface area contributed by atoms with Gasteiger partial charge in [0.05, 0.1) is 0 Å². The molecule has 0 amide bonds. The van der Waals surface area contributed by atoms with E-state index in [9.17, 15) is 0 Å². The molecule has 2 aliphatic rings. The van der Waals surface area contributed by atoms with Gasteiger partial charge in [-0.1, -0.05) is 41.9 Å². The highest BCUT2D eigenvalue weighted by Gasteiger charge is 2.23. The van der Waals surface area contributed by atoms with Crippen molar-refractivity contribution in [3.8, 4) is 0 Å². The monoisotopic (exact) mass is 456 g/mol. The molecule has 1 aromatic carbocycles. The van der Waals surface area contributed by atoms with Crippen LogP contribution in [0.4, 0.5) is 17.6 Å². The smallest absolute Gasteiger partial charge is 0.229 e. The molecule has 5 rings (SSSR count). The fourth-order valence-electron chi connectivity index (χ4n) is 3.80. The van der Waals surface area contributed by atoms with E-state index >= 15 is 0 Å². The van der Waals surface area contributed by atoms with Crippen molar-refractivity contribution in [2.24, 2.45) is 0 Å². The molecule has 4 heterocycles. The van der Waals surface area contributed by atoms with Crippen molar-refractivity contribution in [1.82, 2.24) is 25.3 Å². The maximum atomic E-state index is 6.54. The van der Waals surface area contributed by atoms with Crippen LogP contribution in [0, 0.1) is 0 Å². The van der Waals surface area contributed by atoms with Crippen molar-refractivity contribution < 1.29 is 0 Å². The second kappa shape index (κ2) is 9.42. The summed E-state index contributed by atoms with van der Waals surface area (Å²) in [4.78, 5) is 23.7. The second-order valence-electron chi connectivity index (χ2n) is 7.56. The normalized spacial score (nSPS) is 17.2. The SMILES string of the molecule is Clc1nc2c(N3CCSCC3)nc(N3CCNCC3)nc2nc1NCc1ccccc1. The van der Waals surface area contributed by atoms with E-state index in [2.05, 4.69) is 37.6 Å². The van der Waals surface area contributed by atoms with E-state index < -0.39 is 0 Å². The molecule has 162 valence electrons. The zero-order valence-corrected chi connectivity index (χ0v) is 18.8. The Labute approximate surface area is 190 Å². The van der Waals surface area contributed by atoms with Crippen LogP contribution in [-0.4, -0.2) is 70.7 Å². The highest BCUT2D eigenvalue weighted by atomic mass is 35.5. The van der Waals surface area contributed by atoms with Gasteiger partial charge in [0.25, 0.3) is 0 Å². The van der Waals surface area contributed by atoms with Crippen LogP contribution in [0.15, 0.2) is 30.3 Å². The Bertz CT molecular complexity index is 1040. The molecular weight excluding hydrogens is 432 g/mol. The van der Waals surface area contributed by atoms with E-state index in [4.69, 9.17) is 26.6 Å². The van der Waals surface area contributed by atoms with Crippen LogP contribution in [0.5, 0.6) is 0 Å². The molecule has 0 spiro atoms. The quantitative estimate of drug-likeness (QED) is 0.602. The molecule has 3 aromatic rings. The molecule has 2 aromatic heterocycles. The van der Waals surface area contributed by atoms with Crippen LogP contribution in [0.2, 0.25) is 5.15 Å². The van der Waals surface area contributed by atoms with Crippen LogP contribution in [-0.2, 0) is 6.54 Å². The maximum absolute atomic E-state index is 6.54. The predicted octanol–water partition coefficient (Wildman–Crippen LogP) is 2.65. The Balaban J connectivity index is 1.53. The van der Waals surface area contributed by atoms with Gasteiger partial charge in [-0.3, -0.25) is 0 Å². The minimum absolute atomic E-state index is 0.342. The predicted molar refractivity (Wildman–Crippen MR) is 129 cm³/mol. The minimum Gasteiger partial charge on any atom is -0.363 e. The maximum Gasteiger partial charge on any atom is 0.229 e. The topological polar surface area (TPSA) is 82.1 Å². The molecule has 0 radical (unpaired) electrons. The average Bonchev–Trinajstić information content (AvgIpc) is 2.84. The number of halogens is 1. The Kier molecular flexibility index (Phi) is 6.24. The number of anilines is 3. The molecule has 0 bridgehead atoms. The lowest BCUT2D eigenvalue weighted by Gasteiger charge is -2.31. The summed E-state index contributed by atoms with van der Waals surface area (Å²) in [6.45, 7) is 6.09. The molecule has 0 aliphatic carbocycles. The van der Waals surface area contributed by atoms with E-state index in [0.29, 0.717) is 34.6 Å². The molecule has 2 fully saturated rings. The van der Waals surface area contributed by atoms with Crippen molar-refractivity contribution in [3.63, 3.8) is 0 Å². The van der Waals surface area contributed by atoms with E-state index in [0.717, 1.165) is 62.2 Å². The molecule has 0 atom stereocenters. The number of thioether (sulfide) groups is 1. The minimum atomic E-state index is 0.342. The highest BCUT2D eigenvalue weighted by Crippen LogP contribution is 2.30. The summed E-state index contributed by atoms with van der Waals surface area (Å²) in [5.74, 6) is 4.25. The van der Waals surface area contributed by atoms with Crippen LogP contribution >= 0.6 is 23.4 Å². The fourth-order valence-corrected chi connectivity index (χ4v) is 4.89. The van der Waals surface area contributed by atoms with Crippen molar-refractivity contribution in [2.45, 2.75) is 6.54 Å². The van der Waals surface area contributed by atoms with Crippen molar-refractivity contribution in [3.05, 3.63) is 41.0 Å². The summed E-state index contributed by atoms with van der Waals surface area (Å²) in [5.41, 5.74) is 2.40. The summed E-state index contributed by atoms with van der Waals surface area (Å²) < 4.78 is 0. The summed E-state index contributed by atoms with van der Waals surface area (Å²) in [6, 6.07) is 10.2. The van der Waals surface area contributed by atoms with Gasteiger partial charge in [0.1, 0.15) is 0 Å². The van der Waals surface area contributed by atoms with E-state index in [1.54, 1.807) is 0 Å². The van der Waals surface area contributed by atoms with E-state index in [1.165, 1.54) is 0 Å². The van der Waals surface area contributed by atoms with Gasteiger partial charge in [-0.2, -0.15) is 21.7 Å². The molecule has 10 heteroatoms. The van der Waals surface area contributed by atoms with E-state index in [-0.39, 0.29) is 0 Å². The number of hydrogen-bond acceptors (Lipinski definition) is 9. The van der Waals surface area contributed by atoms with Crippen molar-refractivity contribution in [2.75, 3.05) is 65.9 Å². The molecule has 8 nitrogen and oxygen atoms in total. The van der Waals surface area contributed by atoms with Gasteiger partial charge in [-0.25, -0.2) is 9.97 Å². The number of piperazine rings is 1. The van der Waals surface area contributed by atoms with Gasteiger partial charge in [0, 0.05) is 57.3 Å². The third-order valence-electron chi connectivity index (χ3n) is 5.47. The molecule has 0 saturated carbocycles. The first kappa shape index (κ1) is 20.5. The van der Waals surface area contributed by atoms with Crippen molar-refractivity contribution in [1.29, 1.82) is 0 Å². The number of nitrogens with one attached hydrogen (secondary N) is 2.